The Morgan fingerprint density at radius 2 is 1.62 bits per heavy atom. The van der Waals surface area contributed by atoms with E-state index in [2.05, 4.69) is 10.6 Å². The van der Waals surface area contributed by atoms with Crippen molar-refractivity contribution in [2.75, 3.05) is 16.4 Å². The third-order valence-corrected chi connectivity index (χ3v) is 3.36. The molecule has 110 valence electrons. The van der Waals surface area contributed by atoms with Crippen LogP contribution in [0.4, 0.5) is 25.8 Å². The maximum atomic E-state index is 13.6. The van der Waals surface area contributed by atoms with E-state index < -0.39 is 11.6 Å². The topological polar surface area (TPSA) is 50.1 Å². The molecule has 0 atom stereocenters. The first-order valence-corrected chi connectivity index (χ1v) is 6.81. The minimum atomic E-state index is -0.859. The van der Waals surface area contributed by atoms with Gasteiger partial charge in [0.25, 0.3) is 0 Å². The van der Waals surface area contributed by atoms with E-state index in [1.807, 2.05) is 0 Å². The number of anilines is 3. The number of rotatable bonds is 2. The van der Waals surface area contributed by atoms with Crippen molar-refractivity contribution < 1.29 is 8.78 Å². The van der Waals surface area contributed by atoms with Crippen molar-refractivity contribution in [2.45, 2.75) is 0 Å². The Morgan fingerprint density at radius 3 is 2.19 bits per heavy atom. The average Bonchev–Trinajstić information content (AvgIpc) is 2.38. The van der Waals surface area contributed by atoms with Crippen molar-refractivity contribution in [1.29, 1.82) is 0 Å². The van der Waals surface area contributed by atoms with Gasteiger partial charge in [-0.05, 0) is 30.4 Å². The summed E-state index contributed by atoms with van der Waals surface area (Å²) < 4.78 is 26.6. The minimum Gasteiger partial charge on any atom is -0.397 e. The number of benzene rings is 2. The maximum Gasteiger partial charge on any atom is 0.175 e. The fourth-order valence-electron chi connectivity index (χ4n) is 1.60. The van der Waals surface area contributed by atoms with Crippen LogP contribution in [-0.2, 0) is 0 Å². The van der Waals surface area contributed by atoms with E-state index in [0.29, 0.717) is 21.8 Å². The molecular formula is C13H9Cl2F2N3S. The Hall–Kier alpha value is -1.63. The molecule has 21 heavy (non-hydrogen) atoms. The summed E-state index contributed by atoms with van der Waals surface area (Å²) in [5.41, 5.74) is 5.68. The van der Waals surface area contributed by atoms with Gasteiger partial charge in [-0.3, -0.25) is 0 Å². The van der Waals surface area contributed by atoms with Crippen molar-refractivity contribution in [3.05, 3.63) is 52.0 Å². The minimum absolute atomic E-state index is 0.0159. The highest BCUT2D eigenvalue weighted by molar-refractivity contribution is 7.80. The number of thiocarbonyl (C=S) groups is 1. The van der Waals surface area contributed by atoms with Crippen LogP contribution in [0.2, 0.25) is 10.0 Å². The predicted molar refractivity (Wildman–Crippen MR) is 87.1 cm³/mol. The first kappa shape index (κ1) is 15.8. The lowest BCUT2D eigenvalue weighted by Crippen LogP contribution is -2.21. The third kappa shape index (κ3) is 3.72. The van der Waals surface area contributed by atoms with Gasteiger partial charge in [0.1, 0.15) is 11.5 Å². The third-order valence-electron chi connectivity index (χ3n) is 2.53. The smallest absolute Gasteiger partial charge is 0.175 e. The molecule has 0 fully saturated rings. The number of nitrogen functional groups attached to an aromatic ring is 1. The summed E-state index contributed by atoms with van der Waals surface area (Å²) >= 11 is 17.0. The highest BCUT2D eigenvalue weighted by atomic mass is 35.5. The van der Waals surface area contributed by atoms with Gasteiger partial charge in [-0.1, -0.05) is 29.3 Å². The average molecular weight is 348 g/mol. The lowest BCUT2D eigenvalue weighted by molar-refractivity contribution is 0.587. The fourth-order valence-corrected chi connectivity index (χ4v) is 2.30. The fraction of sp³-hybridized carbons (Fsp3) is 0. The Balaban J connectivity index is 2.20. The van der Waals surface area contributed by atoms with Crippen LogP contribution < -0.4 is 16.4 Å². The van der Waals surface area contributed by atoms with E-state index in [1.165, 1.54) is 0 Å². The first-order chi connectivity index (χ1) is 9.88. The molecule has 0 spiro atoms. The second kappa shape index (κ2) is 6.43. The number of hydrogen-bond acceptors (Lipinski definition) is 2. The molecule has 0 aliphatic carbocycles. The van der Waals surface area contributed by atoms with Gasteiger partial charge in [0.15, 0.2) is 10.9 Å². The summed E-state index contributed by atoms with van der Waals surface area (Å²) in [5, 5.41) is 5.99. The molecule has 0 amide bonds. The van der Waals surface area contributed by atoms with Gasteiger partial charge in [0.2, 0.25) is 0 Å². The SMILES string of the molecule is Nc1cc(F)cc(F)c1NC(=S)Nc1c(Cl)cccc1Cl. The Morgan fingerprint density at radius 1 is 1.05 bits per heavy atom. The quantitative estimate of drug-likeness (QED) is 0.546. The highest BCUT2D eigenvalue weighted by Gasteiger charge is 2.12. The zero-order valence-corrected chi connectivity index (χ0v) is 12.7. The van der Waals surface area contributed by atoms with Crippen LogP contribution in [0.25, 0.3) is 0 Å². The van der Waals surface area contributed by atoms with Crippen LogP contribution in [0, 0.1) is 11.6 Å². The normalized spacial score (nSPS) is 10.3. The monoisotopic (exact) mass is 347 g/mol. The van der Waals surface area contributed by atoms with Gasteiger partial charge in [-0.15, -0.1) is 0 Å². The molecule has 4 N–H and O–H groups in total. The Bertz CT molecular complexity index is 667. The van der Waals surface area contributed by atoms with Gasteiger partial charge >= 0.3 is 0 Å². The standard InChI is InChI=1S/C13H9Cl2F2N3S/c14-7-2-1-3-8(15)11(7)19-13(21)20-12-9(17)4-6(16)5-10(12)18/h1-5H,18H2,(H2,19,20,21). The molecule has 0 bridgehead atoms. The number of nitrogens with one attached hydrogen (secondary N) is 2. The van der Waals surface area contributed by atoms with Crippen molar-refractivity contribution >= 4 is 57.6 Å². The molecule has 2 rings (SSSR count). The Labute approximate surface area is 135 Å². The van der Waals surface area contributed by atoms with Crippen molar-refractivity contribution in [3.8, 4) is 0 Å². The van der Waals surface area contributed by atoms with Crippen LogP contribution >= 0.6 is 35.4 Å². The molecule has 0 heterocycles. The van der Waals surface area contributed by atoms with Crippen LogP contribution in [0.5, 0.6) is 0 Å². The van der Waals surface area contributed by atoms with Gasteiger partial charge in [0.05, 0.1) is 21.4 Å². The molecule has 0 saturated carbocycles. The van der Waals surface area contributed by atoms with Gasteiger partial charge in [-0.2, -0.15) is 0 Å². The second-order valence-corrected chi connectivity index (χ2v) is 5.25. The van der Waals surface area contributed by atoms with Gasteiger partial charge in [-0.25, -0.2) is 8.78 Å². The second-order valence-electron chi connectivity index (χ2n) is 4.03. The van der Waals surface area contributed by atoms with Crippen LogP contribution in [0.1, 0.15) is 0 Å². The number of para-hydroxylation sites is 1. The summed E-state index contributed by atoms with van der Waals surface area (Å²) in [6.07, 6.45) is 0. The lowest BCUT2D eigenvalue weighted by Gasteiger charge is -2.14. The molecule has 2 aromatic carbocycles. The molecule has 0 aliphatic heterocycles. The molecule has 0 radical (unpaired) electrons. The summed E-state index contributed by atoms with van der Waals surface area (Å²) in [5.74, 6) is -1.63. The van der Waals surface area contributed by atoms with Crippen molar-refractivity contribution in [1.82, 2.24) is 0 Å². The molecule has 0 saturated heterocycles. The van der Waals surface area contributed by atoms with E-state index >= 15 is 0 Å². The molecule has 3 nitrogen and oxygen atoms in total. The molecule has 0 aromatic heterocycles. The number of hydrogen-bond donors (Lipinski definition) is 3. The summed E-state index contributed by atoms with van der Waals surface area (Å²) in [6.45, 7) is 0. The van der Waals surface area contributed by atoms with E-state index in [4.69, 9.17) is 41.2 Å². The van der Waals surface area contributed by atoms with Gasteiger partial charge < -0.3 is 16.4 Å². The van der Waals surface area contributed by atoms with E-state index in [9.17, 15) is 8.78 Å². The zero-order chi connectivity index (χ0) is 15.6. The molecular weight excluding hydrogens is 339 g/mol. The van der Waals surface area contributed by atoms with Crippen molar-refractivity contribution in [3.63, 3.8) is 0 Å². The molecule has 8 heteroatoms. The highest BCUT2D eigenvalue weighted by Crippen LogP contribution is 2.30. The van der Waals surface area contributed by atoms with E-state index in [1.54, 1.807) is 18.2 Å². The van der Waals surface area contributed by atoms with Crippen LogP contribution in [0.3, 0.4) is 0 Å². The molecule has 0 aliphatic rings. The van der Waals surface area contributed by atoms with E-state index in [-0.39, 0.29) is 16.5 Å². The number of halogens is 4. The van der Waals surface area contributed by atoms with E-state index in [0.717, 1.165) is 6.07 Å². The van der Waals surface area contributed by atoms with Crippen molar-refractivity contribution in [2.24, 2.45) is 0 Å². The summed E-state index contributed by atoms with van der Waals surface area (Å²) in [7, 11) is 0. The lowest BCUT2D eigenvalue weighted by atomic mass is 10.2. The number of nitrogens with two attached hydrogens (primary N) is 1. The summed E-state index contributed by atoms with van der Waals surface area (Å²) in [4.78, 5) is 0. The predicted octanol–water partition coefficient (Wildman–Crippen LogP) is 4.66. The summed E-state index contributed by atoms with van der Waals surface area (Å²) in [6, 6.07) is 6.58. The maximum absolute atomic E-state index is 13.6. The van der Waals surface area contributed by atoms with Gasteiger partial charge in [0, 0.05) is 6.07 Å². The largest absolute Gasteiger partial charge is 0.397 e. The zero-order valence-electron chi connectivity index (χ0n) is 10.4. The van der Waals surface area contributed by atoms with Crippen LogP contribution in [-0.4, -0.2) is 5.11 Å². The van der Waals surface area contributed by atoms with Crippen LogP contribution in [0.15, 0.2) is 30.3 Å². The molecule has 0 unspecified atom stereocenters. The first-order valence-electron chi connectivity index (χ1n) is 5.65. The Kier molecular flexibility index (Phi) is 4.82. The molecule has 2 aromatic rings.